The number of aliphatic hydroxyl groups is 2. The summed E-state index contributed by atoms with van der Waals surface area (Å²) in [6.45, 7) is 4.11. The third-order valence-corrected chi connectivity index (χ3v) is 1.93. The summed E-state index contributed by atoms with van der Waals surface area (Å²) in [5, 5.41) is 20.9. The van der Waals surface area contributed by atoms with Crippen molar-refractivity contribution >= 4 is 5.91 Å². The maximum atomic E-state index is 11.2. The van der Waals surface area contributed by atoms with Crippen molar-refractivity contribution in [3.8, 4) is 0 Å². The van der Waals surface area contributed by atoms with Gasteiger partial charge in [-0.3, -0.25) is 4.79 Å². The molecule has 0 bridgehead atoms. The Morgan fingerprint density at radius 2 is 2.00 bits per heavy atom. The number of carbonyl (C=O) groups is 1. The lowest BCUT2D eigenvalue weighted by Crippen LogP contribution is -2.29. The zero-order valence-electron chi connectivity index (χ0n) is 8.99. The van der Waals surface area contributed by atoms with Gasteiger partial charge < -0.3 is 15.5 Å². The Balaban J connectivity index is 3.45. The number of hydrogen-bond donors (Lipinski definition) is 3. The fourth-order valence-electron chi connectivity index (χ4n) is 1.14. The fourth-order valence-corrected chi connectivity index (χ4v) is 1.14. The van der Waals surface area contributed by atoms with Crippen LogP contribution >= 0.6 is 0 Å². The monoisotopic (exact) mass is 203 g/mol. The van der Waals surface area contributed by atoms with E-state index in [9.17, 15) is 9.90 Å². The highest BCUT2D eigenvalue weighted by molar-refractivity contribution is 5.76. The third kappa shape index (κ3) is 8.01. The summed E-state index contributed by atoms with van der Waals surface area (Å²) >= 11 is 0. The van der Waals surface area contributed by atoms with E-state index in [-0.39, 0.29) is 12.3 Å². The molecule has 2 atom stereocenters. The molecule has 0 saturated carbocycles. The van der Waals surface area contributed by atoms with Crippen molar-refractivity contribution in [2.45, 2.75) is 51.7 Å². The average molecular weight is 203 g/mol. The Bertz CT molecular complexity index is 159. The molecule has 0 fully saturated rings. The average Bonchev–Trinajstić information content (AvgIpc) is 2.03. The Hall–Kier alpha value is -0.610. The molecule has 3 N–H and O–H groups in total. The molecule has 0 radical (unpaired) electrons. The molecule has 0 aliphatic carbocycles. The van der Waals surface area contributed by atoms with E-state index in [2.05, 4.69) is 5.32 Å². The molecule has 0 rings (SSSR count). The van der Waals surface area contributed by atoms with Gasteiger partial charge in [-0.25, -0.2) is 0 Å². The number of nitrogens with one attached hydrogen (secondary N) is 1. The Morgan fingerprint density at radius 1 is 1.36 bits per heavy atom. The molecular weight excluding hydrogens is 182 g/mol. The van der Waals surface area contributed by atoms with Crippen molar-refractivity contribution in [2.24, 2.45) is 0 Å². The lowest BCUT2D eigenvalue weighted by Gasteiger charge is -2.10. The highest BCUT2D eigenvalue weighted by Crippen LogP contribution is 2.00. The summed E-state index contributed by atoms with van der Waals surface area (Å²) in [7, 11) is 0. The maximum Gasteiger partial charge on any atom is 0.222 e. The van der Waals surface area contributed by atoms with E-state index in [4.69, 9.17) is 5.11 Å². The van der Waals surface area contributed by atoms with E-state index in [1.54, 1.807) is 6.92 Å². The van der Waals surface area contributed by atoms with Gasteiger partial charge in [-0.1, -0.05) is 13.3 Å². The summed E-state index contributed by atoms with van der Waals surface area (Å²) in [5.74, 6) is -0.147. The predicted molar refractivity (Wildman–Crippen MR) is 54.8 cm³/mol. The summed E-state index contributed by atoms with van der Waals surface area (Å²) in [6, 6.07) is 0. The van der Waals surface area contributed by atoms with E-state index in [0.29, 0.717) is 19.4 Å². The normalized spacial score (nSPS) is 14.9. The second-order valence-corrected chi connectivity index (χ2v) is 3.63. The van der Waals surface area contributed by atoms with Gasteiger partial charge in [0, 0.05) is 6.54 Å². The predicted octanol–water partition coefficient (Wildman–Crippen LogP) is 0.425. The minimum Gasteiger partial charge on any atom is -0.393 e. The fraction of sp³-hybridized carbons (Fsp3) is 0.900. The van der Waals surface area contributed by atoms with Gasteiger partial charge in [-0.2, -0.15) is 0 Å². The van der Waals surface area contributed by atoms with Crippen LogP contribution in [0.1, 0.15) is 39.5 Å². The van der Waals surface area contributed by atoms with Crippen molar-refractivity contribution in [1.29, 1.82) is 0 Å². The molecule has 0 unspecified atom stereocenters. The number of carbonyl (C=O) groups excluding carboxylic acids is 1. The zero-order valence-corrected chi connectivity index (χ0v) is 8.99. The van der Waals surface area contributed by atoms with Gasteiger partial charge in [0.15, 0.2) is 0 Å². The molecule has 0 heterocycles. The van der Waals surface area contributed by atoms with Crippen molar-refractivity contribution in [3.63, 3.8) is 0 Å². The van der Waals surface area contributed by atoms with Gasteiger partial charge in [0.05, 0.1) is 18.6 Å². The second-order valence-electron chi connectivity index (χ2n) is 3.63. The molecule has 0 aliphatic heterocycles. The summed E-state index contributed by atoms with van der Waals surface area (Å²) < 4.78 is 0. The summed E-state index contributed by atoms with van der Waals surface area (Å²) in [6.07, 6.45) is 1.32. The van der Waals surface area contributed by atoms with Crippen molar-refractivity contribution in [2.75, 3.05) is 6.54 Å². The van der Waals surface area contributed by atoms with Crippen LogP contribution in [0.15, 0.2) is 0 Å². The number of amides is 1. The van der Waals surface area contributed by atoms with Crippen LogP contribution in [-0.2, 0) is 4.79 Å². The molecule has 0 aliphatic rings. The molecule has 14 heavy (non-hydrogen) atoms. The van der Waals surface area contributed by atoms with Gasteiger partial charge in [0.1, 0.15) is 0 Å². The Kier molecular flexibility index (Phi) is 7.42. The van der Waals surface area contributed by atoms with Crippen molar-refractivity contribution in [3.05, 3.63) is 0 Å². The number of aliphatic hydroxyl groups excluding tert-OH is 2. The minimum absolute atomic E-state index is 0.147. The standard InChI is InChI=1S/C10H21NO3/c1-3-4-9(13)7-10(14)11-6-5-8(2)12/h8-9,12-13H,3-7H2,1-2H3,(H,11,14)/t8-,9-/m0/s1. The smallest absolute Gasteiger partial charge is 0.222 e. The number of rotatable bonds is 7. The first-order valence-corrected chi connectivity index (χ1v) is 5.19. The molecule has 0 aromatic carbocycles. The molecule has 0 spiro atoms. The molecule has 0 saturated heterocycles. The van der Waals surface area contributed by atoms with Crippen LogP contribution < -0.4 is 5.32 Å². The van der Waals surface area contributed by atoms with Crippen LogP contribution in [0.4, 0.5) is 0 Å². The van der Waals surface area contributed by atoms with E-state index < -0.39 is 12.2 Å². The van der Waals surface area contributed by atoms with Gasteiger partial charge in [-0.15, -0.1) is 0 Å². The maximum absolute atomic E-state index is 11.2. The van der Waals surface area contributed by atoms with Gasteiger partial charge >= 0.3 is 0 Å². The molecule has 1 amide bonds. The van der Waals surface area contributed by atoms with Gasteiger partial charge in [-0.05, 0) is 19.8 Å². The molecule has 0 aromatic heterocycles. The first-order valence-electron chi connectivity index (χ1n) is 5.19. The van der Waals surface area contributed by atoms with Gasteiger partial charge in [0.2, 0.25) is 5.91 Å². The van der Waals surface area contributed by atoms with E-state index in [0.717, 1.165) is 6.42 Å². The lowest BCUT2D eigenvalue weighted by atomic mass is 10.1. The lowest BCUT2D eigenvalue weighted by molar-refractivity contribution is -0.123. The molecule has 4 nitrogen and oxygen atoms in total. The number of hydrogen-bond acceptors (Lipinski definition) is 3. The topological polar surface area (TPSA) is 69.6 Å². The van der Waals surface area contributed by atoms with Crippen LogP contribution in [0, 0.1) is 0 Å². The van der Waals surface area contributed by atoms with E-state index in [1.807, 2.05) is 6.92 Å². The Labute approximate surface area is 85.3 Å². The Morgan fingerprint density at radius 3 is 2.50 bits per heavy atom. The SMILES string of the molecule is CCC[C@H](O)CC(=O)NCC[C@H](C)O. The summed E-state index contributed by atoms with van der Waals surface area (Å²) in [4.78, 5) is 11.2. The molecule has 0 aromatic rings. The van der Waals surface area contributed by atoms with E-state index in [1.165, 1.54) is 0 Å². The largest absolute Gasteiger partial charge is 0.393 e. The first kappa shape index (κ1) is 13.4. The third-order valence-electron chi connectivity index (χ3n) is 1.93. The first-order chi connectivity index (χ1) is 6.56. The molecule has 4 heteroatoms. The van der Waals surface area contributed by atoms with Crippen LogP contribution in [0.5, 0.6) is 0 Å². The second kappa shape index (κ2) is 7.76. The summed E-state index contributed by atoms with van der Waals surface area (Å²) in [5.41, 5.74) is 0. The van der Waals surface area contributed by atoms with Gasteiger partial charge in [0.25, 0.3) is 0 Å². The van der Waals surface area contributed by atoms with Crippen LogP contribution in [0.2, 0.25) is 0 Å². The highest BCUT2D eigenvalue weighted by atomic mass is 16.3. The van der Waals surface area contributed by atoms with Crippen LogP contribution in [0.3, 0.4) is 0 Å². The van der Waals surface area contributed by atoms with Crippen LogP contribution in [0.25, 0.3) is 0 Å². The van der Waals surface area contributed by atoms with E-state index >= 15 is 0 Å². The minimum atomic E-state index is -0.536. The highest BCUT2D eigenvalue weighted by Gasteiger charge is 2.09. The quantitative estimate of drug-likeness (QED) is 0.562. The van der Waals surface area contributed by atoms with Crippen molar-refractivity contribution in [1.82, 2.24) is 5.32 Å². The molecule has 84 valence electrons. The molecular formula is C10H21NO3. The van der Waals surface area contributed by atoms with Crippen LogP contribution in [-0.4, -0.2) is 34.9 Å². The zero-order chi connectivity index (χ0) is 11.0. The van der Waals surface area contributed by atoms with Crippen molar-refractivity contribution < 1.29 is 15.0 Å².